The van der Waals surface area contributed by atoms with Gasteiger partial charge in [-0.2, -0.15) is 0 Å². The van der Waals surface area contributed by atoms with Gasteiger partial charge in [0.05, 0.1) is 30.0 Å². The van der Waals surface area contributed by atoms with Gasteiger partial charge in [-0.05, 0) is 79.1 Å². The number of hydrogen-bond acceptors (Lipinski definition) is 7. The lowest BCUT2D eigenvalue weighted by Crippen LogP contribution is -2.41. The number of carboxylic acid groups (broad SMARTS) is 1. The summed E-state index contributed by atoms with van der Waals surface area (Å²) >= 11 is 0. The van der Waals surface area contributed by atoms with E-state index in [4.69, 9.17) is 14.6 Å². The van der Waals surface area contributed by atoms with Crippen molar-refractivity contribution in [1.29, 1.82) is 0 Å². The Morgan fingerprint density at radius 3 is 2.58 bits per heavy atom. The molecule has 9 heteroatoms. The number of nitrogens with one attached hydrogen (secondary N) is 1. The Balaban J connectivity index is 1.21. The Bertz CT molecular complexity index is 1410. The van der Waals surface area contributed by atoms with Gasteiger partial charge in [-0.3, -0.25) is 9.78 Å². The first-order valence-corrected chi connectivity index (χ1v) is 13.9. The highest BCUT2D eigenvalue weighted by Gasteiger charge is 2.45. The van der Waals surface area contributed by atoms with Gasteiger partial charge in [0.2, 0.25) is 0 Å². The van der Waals surface area contributed by atoms with E-state index in [1.165, 1.54) is 6.07 Å². The highest BCUT2D eigenvalue weighted by atomic mass is 19.1. The number of aryl methyl sites for hydroxylation is 2. The van der Waals surface area contributed by atoms with Crippen LogP contribution in [-0.4, -0.2) is 51.6 Å². The molecule has 1 aliphatic heterocycles. The van der Waals surface area contributed by atoms with E-state index in [2.05, 4.69) is 15.3 Å². The van der Waals surface area contributed by atoms with Crippen molar-refractivity contribution in [3.8, 4) is 16.9 Å². The number of aliphatic hydroxyl groups is 1. The fourth-order valence-electron chi connectivity index (χ4n) is 6.22. The van der Waals surface area contributed by atoms with E-state index in [1.807, 2.05) is 32.0 Å². The minimum atomic E-state index is -0.873. The van der Waals surface area contributed by atoms with Crippen LogP contribution >= 0.6 is 0 Å². The molecule has 2 aliphatic carbocycles. The van der Waals surface area contributed by atoms with E-state index in [0.717, 1.165) is 40.7 Å². The van der Waals surface area contributed by atoms with E-state index in [0.29, 0.717) is 55.3 Å². The van der Waals surface area contributed by atoms with Crippen LogP contribution in [0, 0.1) is 25.6 Å². The number of anilines is 1. The molecule has 3 N–H and O–H groups in total. The van der Waals surface area contributed by atoms with Crippen molar-refractivity contribution < 1.29 is 28.9 Å². The van der Waals surface area contributed by atoms with E-state index < -0.39 is 11.6 Å². The third-order valence-electron chi connectivity index (χ3n) is 8.52. The smallest absolute Gasteiger partial charge is 0.307 e. The number of benzene rings is 2. The Morgan fingerprint density at radius 2 is 1.93 bits per heavy atom. The molecule has 0 bridgehead atoms. The SMILES string of the molecule is Cc1cc(OCC2(O)CCOCC2)cc(C)c1-c1ccc(F)c2c1CC[C@H]2Nc1cnc([C@H]2C[C@@H]2C(=O)O)cn1. The highest BCUT2D eigenvalue weighted by molar-refractivity contribution is 5.77. The van der Waals surface area contributed by atoms with E-state index >= 15 is 4.39 Å². The summed E-state index contributed by atoms with van der Waals surface area (Å²) in [7, 11) is 0. The number of aliphatic carboxylic acids is 1. The van der Waals surface area contributed by atoms with E-state index in [9.17, 15) is 9.90 Å². The molecule has 3 aromatic rings. The lowest BCUT2D eigenvalue weighted by Gasteiger charge is -2.31. The molecule has 0 spiro atoms. The number of fused-ring (bicyclic) bond motifs is 1. The maximum atomic E-state index is 15.2. The van der Waals surface area contributed by atoms with Crippen molar-refractivity contribution in [2.45, 2.75) is 63.5 Å². The number of nitrogens with zero attached hydrogens (tertiary/aromatic N) is 2. The summed E-state index contributed by atoms with van der Waals surface area (Å²) in [6.07, 6.45) is 6.37. The van der Waals surface area contributed by atoms with Gasteiger partial charge >= 0.3 is 5.97 Å². The second kappa shape index (κ2) is 10.4. The summed E-state index contributed by atoms with van der Waals surface area (Å²) in [6.45, 7) is 5.36. The fourth-order valence-corrected chi connectivity index (χ4v) is 6.22. The molecule has 40 heavy (non-hydrogen) atoms. The van der Waals surface area contributed by atoms with Gasteiger partial charge in [-0.1, -0.05) is 6.07 Å². The van der Waals surface area contributed by atoms with Crippen molar-refractivity contribution in [3.63, 3.8) is 0 Å². The standard InChI is InChI=1S/C31H34FN3O5/c1-17-11-19(40-16-31(38)7-9-39-10-8-31)12-18(2)28(17)20-3-5-24(32)29-21(20)4-6-25(29)35-27-15-33-26(14-34-27)22-13-23(22)30(36)37/h3,5,11-12,14-15,22-23,25,38H,4,6-10,13,16H2,1-2H3,(H,34,35)(H,36,37)/t22-,23-,25+/m0/s1. The molecule has 2 heterocycles. The van der Waals surface area contributed by atoms with Crippen LogP contribution in [0.2, 0.25) is 0 Å². The average molecular weight is 548 g/mol. The van der Waals surface area contributed by atoms with Crippen LogP contribution in [0.5, 0.6) is 5.75 Å². The van der Waals surface area contributed by atoms with Crippen LogP contribution in [0.15, 0.2) is 36.7 Å². The van der Waals surface area contributed by atoms with Gasteiger partial charge in [0, 0.05) is 37.5 Å². The molecule has 0 unspecified atom stereocenters. The number of hydrogen-bond donors (Lipinski definition) is 3. The number of rotatable bonds is 8. The number of carboxylic acids is 1. The molecule has 210 valence electrons. The van der Waals surface area contributed by atoms with Crippen molar-refractivity contribution >= 4 is 11.8 Å². The van der Waals surface area contributed by atoms with Crippen LogP contribution in [-0.2, 0) is 16.0 Å². The molecule has 8 nitrogen and oxygen atoms in total. The van der Waals surface area contributed by atoms with Crippen LogP contribution in [0.4, 0.5) is 10.2 Å². The quantitative estimate of drug-likeness (QED) is 0.357. The van der Waals surface area contributed by atoms with Crippen LogP contribution in [0.1, 0.15) is 65.6 Å². The summed E-state index contributed by atoms with van der Waals surface area (Å²) in [5, 5.41) is 23.3. The Kier molecular flexibility index (Phi) is 6.96. The zero-order valence-corrected chi connectivity index (χ0v) is 22.7. The van der Waals surface area contributed by atoms with Crippen LogP contribution in [0.3, 0.4) is 0 Å². The lowest BCUT2D eigenvalue weighted by atomic mass is 9.90. The summed E-state index contributed by atoms with van der Waals surface area (Å²) < 4.78 is 26.6. The summed E-state index contributed by atoms with van der Waals surface area (Å²) in [6, 6.07) is 7.12. The molecule has 0 radical (unpaired) electrons. The molecule has 2 fully saturated rings. The molecule has 0 amide bonds. The van der Waals surface area contributed by atoms with Crippen LogP contribution in [0.25, 0.3) is 11.1 Å². The highest BCUT2D eigenvalue weighted by Crippen LogP contribution is 2.47. The van der Waals surface area contributed by atoms with Gasteiger partial charge in [-0.15, -0.1) is 0 Å². The first-order chi connectivity index (χ1) is 19.2. The predicted molar refractivity (Wildman–Crippen MR) is 147 cm³/mol. The summed E-state index contributed by atoms with van der Waals surface area (Å²) in [5.74, 6) is -0.266. The first kappa shape index (κ1) is 26.7. The maximum absolute atomic E-state index is 15.2. The lowest BCUT2D eigenvalue weighted by molar-refractivity contribution is -0.138. The third kappa shape index (κ3) is 5.15. The molecule has 3 atom stereocenters. The Labute approximate surface area is 232 Å². The molecule has 1 saturated heterocycles. The Morgan fingerprint density at radius 1 is 1.18 bits per heavy atom. The zero-order chi connectivity index (χ0) is 28.0. The van der Waals surface area contributed by atoms with Crippen molar-refractivity contribution in [3.05, 3.63) is 70.4 Å². The first-order valence-electron chi connectivity index (χ1n) is 13.9. The van der Waals surface area contributed by atoms with Gasteiger partial charge in [0.1, 0.15) is 29.6 Å². The van der Waals surface area contributed by atoms with E-state index in [-0.39, 0.29) is 30.3 Å². The second-order valence-electron chi connectivity index (χ2n) is 11.4. The summed E-state index contributed by atoms with van der Waals surface area (Å²) in [5.41, 5.74) is 5.58. The van der Waals surface area contributed by atoms with Crippen LogP contribution < -0.4 is 10.1 Å². The predicted octanol–water partition coefficient (Wildman–Crippen LogP) is 5.11. The van der Waals surface area contributed by atoms with E-state index in [1.54, 1.807) is 12.4 Å². The number of carbonyl (C=O) groups is 1. The molecule has 6 rings (SSSR count). The minimum absolute atomic E-state index is 0.0823. The number of aromatic nitrogens is 2. The van der Waals surface area contributed by atoms with Crippen molar-refractivity contribution in [1.82, 2.24) is 9.97 Å². The van der Waals surface area contributed by atoms with Crippen molar-refractivity contribution in [2.24, 2.45) is 5.92 Å². The molecule has 1 aromatic heterocycles. The largest absolute Gasteiger partial charge is 0.491 e. The number of ether oxygens (including phenoxy) is 2. The zero-order valence-electron chi connectivity index (χ0n) is 22.7. The van der Waals surface area contributed by atoms with Gasteiger partial charge in [0.25, 0.3) is 0 Å². The summed E-state index contributed by atoms with van der Waals surface area (Å²) in [4.78, 5) is 20.0. The van der Waals surface area contributed by atoms with Gasteiger partial charge in [0.15, 0.2) is 0 Å². The van der Waals surface area contributed by atoms with Gasteiger partial charge < -0.3 is 25.0 Å². The number of halogens is 1. The topological polar surface area (TPSA) is 114 Å². The van der Waals surface area contributed by atoms with Gasteiger partial charge in [-0.25, -0.2) is 9.37 Å². The normalized spacial score (nSPS) is 22.9. The minimum Gasteiger partial charge on any atom is -0.491 e. The molecular formula is C31H34FN3O5. The Hall–Kier alpha value is -3.56. The molecule has 1 saturated carbocycles. The fraction of sp³-hybridized carbons (Fsp3) is 0.452. The maximum Gasteiger partial charge on any atom is 0.307 e. The third-order valence-corrected chi connectivity index (χ3v) is 8.52. The second-order valence-corrected chi connectivity index (χ2v) is 11.4. The van der Waals surface area contributed by atoms with Crippen molar-refractivity contribution in [2.75, 3.05) is 25.1 Å². The monoisotopic (exact) mass is 547 g/mol. The molecule has 2 aromatic carbocycles. The molecule has 3 aliphatic rings. The average Bonchev–Trinajstić information content (AvgIpc) is 3.63. The molecular weight excluding hydrogens is 513 g/mol.